The van der Waals surface area contributed by atoms with E-state index in [2.05, 4.69) is 4.72 Å². The molecule has 0 heterocycles. The molecule has 0 spiro atoms. The van der Waals surface area contributed by atoms with Gasteiger partial charge in [-0.25, -0.2) is 17.9 Å². The van der Waals surface area contributed by atoms with E-state index in [0.717, 1.165) is 5.56 Å². The summed E-state index contributed by atoms with van der Waals surface area (Å²) in [7, 11) is -2.18. The van der Waals surface area contributed by atoms with Crippen LogP contribution in [0.1, 0.15) is 25.0 Å². The smallest absolute Gasteiger partial charge is 0.331 e. The van der Waals surface area contributed by atoms with Crippen molar-refractivity contribution in [3.8, 4) is 0 Å². The predicted octanol–water partition coefficient (Wildman–Crippen LogP) is 2.59. The molecule has 8 heteroatoms. The molecule has 30 heavy (non-hydrogen) atoms. The number of rotatable bonds is 9. The first-order valence-electron chi connectivity index (χ1n) is 9.45. The predicted molar refractivity (Wildman–Crippen MR) is 115 cm³/mol. The van der Waals surface area contributed by atoms with Crippen LogP contribution in [-0.2, 0) is 30.9 Å². The van der Waals surface area contributed by atoms with Gasteiger partial charge in [-0.1, -0.05) is 42.5 Å². The van der Waals surface area contributed by atoms with E-state index in [4.69, 9.17) is 4.74 Å². The highest BCUT2D eigenvalue weighted by atomic mass is 32.2. The second-order valence-corrected chi connectivity index (χ2v) is 8.71. The van der Waals surface area contributed by atoms with E-state index >= 15 is 0 Å². The first kappa shape index (κ1) is 23.3. The molecule has 160 valence electrons. The fourth-order valence-corrected chi connectivity index (χ4v) is 3.37. The van der Waals surface area contributed by atoms with Crippen molar-refractivity contribution in [2.75, 3.05) is 13.7 Å². The second-order valence-electron chi connectivity index (χ2n) is 6.82. The number of ether oxygens (including phenoxy) is 1. The van der Waals surface area contributed by atoms with Crippen LogP contribution in [0.5, 0.6) is 0 Å². The van der Waals surface area contributed by atoms with Crippen molar-refractivity contribution in [1.82, 2.24) is 9.62 Å². The summed E-state index contributed by atoms with van der Waals surface area (Å²) in [4.78, 5) is 26.2. The summed E-state index contributed by atoms with van der Waals surface area (Å²) in [6, 6.07) is 15.6. The Morgan fingerprint density at radius 2 is 1.70 bits per heavy atom. The summed E-state index contributed by atoms with van der Waals surface area (Å²) in [5, 5.41) is 0. The van der Waals surface area contributed by atoms with Crippen molar-refractivity contribution in [2.24, 2.45) is 0 Å². The van der Waals surface area contributed by atoms with Crippen molar-refractivity contribution in [1.29, 1.82) is 0 Å². The largest absolute Gasteiger partial charge is 0.452 e. The number of sulfonamides is 1. The molecule has 2 aromatic rings. The third-order valence-electron chi connectivity index (χ3n) is 4.35. The molecule has 0 unspecified atom stereocenters. The lowest BCUT2D eigenvalue weighted by atomic mass is 10.2. The van der Waals surface area contributed by atoms with E-state index in [-0.39, 0.29) is 23.5 Å². The molecule has 0 aromatic heterocycles. The maximum absolute atomic E-state index is 12.5. The van der Waals surface area contributed by atoms with Crippen LogP contribution in [0.2, 0.25) is 0 Å². The van der Waals surface area contributed by atoms with Crippen molar-refractivity contribution in [2.45, 2.75) is 31.3 Å². The number of amides is 1. The van der Waals surface area contributed by atoms with E-state index in [1.807, 2.05) is 44.2 Å². The summed E-state index contributed by atoms with van der Waals surface area (Å²) in [5.74, 6) is -0.934. The Labute approximate surface area is 177 Å². The number of carbonyl (C=O) groups is 2. The number of esters is 1. The van der Waals surface area contributed by atoms with E-state index in [9.17, 15) is 18.0 Å². The molecular weight excluding hydrogens is 404 g/mol. The first-order valence-corrected chi connectivity index (χ1v) is 10.9. The topological polar surface area (TPSA) is 92.8 Å². The SMILES string of the molecule is CNS(=O)(=O)c1ccc(/C=C/C(=O)OCC(=O)N(Cc2ccccc2)C(C)C)cc1. The number of hydrogen-bond acceptors (Lipinski definition) is 5. The van der Waals surface area contributed by atoms with E-state index in [1.165, 1.54) is 31.3 Å². The highest BCUT2D eigenvalue weighted by Crippen LogP contribution is 2.12. The van der Waals surface area contributed by atoms with Gasteiger partial charge >= 0.3 is 5.97 Å². The number of nitrogens with zero attached hydrogens (tertiary/aromatic N) is 1. The molecule has 2 aromatic carbocycles. The molecular formula is C22H26N2O5S. The monoisotopic (exact) mass is 430 g/mol. The lowest BCUT2D eigenvalue weighted by molar-refractivity contribution is -0.149. The summed E-state index contributed by atoms with van der Waals surface area (Å²) < 4.78 is 30.7. The fraction of sp³-hybridized carbons (Fsp3) is 0.273. The van der Waals surface area contributed by atoms with Gasteiger partial charge in [-0.3, -0.25) is 4.79 Å². The molecule has 0 aliphatic heterocycles. The molecule has 0 atom stereocenters. The Bertz CT molecular complexity index is 984. The number of hydrogen-bond donors (Lipinski definition) is 1. The molecule has 0 saturated heterocycles. The average Bonchev–Trinajstić information content (AvgIpc) is 2.75. The standard InChI is InChI=1S/C22H26N2O5S/c1-17(2)24(15-19-7-5-4-6-8-19)21(25)16-29-22(26)14-11-18-9-12-20(13-10-18)30(27,28)23-3/h4-14,17,23H,15-16H2,1-3H3/b14-11+. The minimum atomic E-state index is -3.51. The minimum Gasteiger partial charge on any atom is -0.452 e. The van der Waals surface area contributed by atoms with Gasteiger partial charge in [0.05, 0.1) is 4.90 Å². The number of carbonyl (C=O) groups excluding carboxylic acids is 2. The third kappa shape index (κ3) is 6.82. The fourth-order valence-electron chi connectivity index (χ4n) is 2.64. The van der Waals surface area contributed by atoms with Crippen LogP contribution >= 0.6 is 0 Å². The zero-order chi connectivity index (χ0) is 22.1. The summed E-state index contributed by atoms with van der Waals surface area (Å²) >= 11 is 0. The highest BCUT2D eigenvalue weighted by molar-refractivity contribution is 7.89. The minimum absolute atomic E-state index is 0.0423. The zero-order valence-corrected chi connectivity index (χ0v) is 18.1. The van der Waals surface area contributed by atoms with Crippen LogP contribution in [0.4, 0.5) is 0 Å². The van der Waals surface area contributed by atoms with Gasteiger partial charge < -0.3 is 9.64 Å². The van der Waals surface area contributed by atoms with E-state index in [0.29, 0.717) is 12.1 Å². The molecule has 7 nitrogen and oxygen atoms in total. The molecule has 0 fully saturated rings. The molecule has 0 aliphatic carbocycles. The number of benzene rings is 2. The van der Waals surface area contributed by atoms with Gasteiger partial charge in [-0.2, -0.15) is 0 Å². The van der Waals surface area contributed by atoms with Gasteiger partial charge in [0, 0.05) is 18.7 Å². The molecule has 1 amide bonds. The highest BCUT2D eigenvalue weighted by Gasteiger charge is 2.18. The molecule has 0 bridgehead atoms. The van der Waals surface area contributed by atoms with Crippen molar-refractivity contribution in [3.05, 3.63) is 71.8 Å². The Morgan fingerprint density at radius 1 is 1.07 bits per heavy atom. The Kier molecular flexibility index (Phi) is 8.32. The van der Waals surface area contributed by atoms with Gasteiger partial charge in [0.2, 0.25) is 10.0 Å². The van der Waals surface area contributed by atoms with Crippen LogP contribution in [0.15, 0.2) is 65.6 Å². The summed E-state index contributed by atoms with van der Waals surface area (Å²) in [5.41, 5.74) is 1.62. The Hall–Kier alpha value is -2.97. The van der Waals surface area contributed by atoms with Crippen molar-refractivity contribution >= 4 is 28.0 Å². The van der Waals surface area contributed by atoms with Crippen molar-refractivity contribution in [3.63, 3.8) is 0 Å². The summed E-state index contributed by atoms with van der Waals surface area (Å²) in [6.45, 7) is 3.89. The quantitative estimate of drug-likeness (QED) is 0.488. The maximum atomic E-state index is 12.5. The molecule has 0 radical (unpaired) electrons. The molecule has 0 aliphatic rings. The Morgan fingerprint density at radius 3 is 2.27 bits per heavy atom. The average molecular weight is 431 g/mol. The zero-order valence-electron chi connectivity index (χ0n) is 17.2. The normalized spacial score (nSPS) is 11.6. The van der Waals surface area contributed by atoms with Crippen LogP contribution < -0.4 is 4.72 Å². The molecule has 0 saturated carbocycles. The lowest BCUT2D eigenvalue weighted by Gasteiger charge is -2.26. The van der Waals surface area contributed by atoms with Crippen LogP contribution in [0.25, 0.3) is 6.08 Å². The third-order valence-corrected chi connectivity index (χ3v) is 5.78. The van der Waals surface area contributed by atoms with Crippen LogP contribution in [0.3, 0.4) is 0 Å². The van der Waals surface area contributed by atoms with Crippen LogP contribution in [-0.4, -0.2) is 44.9 Å². The van der Waals surface area contributed by atoms with Crippen molar-refractivity contribution < 1.29 is 22.7 Å². The van der Waals surface area contributed by atoms with Gasteiger partial charge in [0.25, 0.3) is 5.91 Å². The molecule has 1 N–H and O–H groups in total. The van der Waals surface area contributed by atoms with Crippen LogP contribution in [0, 0.1) is 0 Å². The van der Waals surface area contributed by atoms with Gasteiger partial charge in [-0.15, -0.1) is 0 Å². The Balaban J connectivity index is 1.91. The molecule has 2 rings (SSSR count). The van der Waals surface area contributed by atoms with Gasteiger partial charge in [0.1, 0.15) is 0 Å². The maximum Gasteiger partial charge on any atom is 0.331 e. The first-order chi connectivity index (χ1) is 14.2. The second kappa shape index (κ2) is 10.7. The van der Waals surface area contributed by atoms with E-state index in [1.54, 1.807) is 17.0 Å². The van der Waals surface area contributed by atoms with E-state index < -0.39 is 16.0 Å². The number of nitrogens with one attached hydrogen (secondary N) is 1. The van der Waals surface area contributed by atoms with Gasteiger partial charge in [-0.05, 0) is 50.2 Å². The summed E-state index contributed by atoms with van der Waals surface area (Å²) in [6.07, 6.45) is 2.69. The van der Waals surface area contributed by atoms with Gasteiger partial charge in [0.15, 0.2) is 6.61 Å². The lowest BCUT2D eigenvalue weighted by Crippen LogP contribution is -2.39.